The van der Waals surface area contributed by atoms with E-state index in [1.54, 1.807) is 0 Å². The molecule has 1 N–H and O–H groups in total. The van der Waals surface area contributed by atoms with Crippen LogP contribution in [-0.2, 0) is 6.42 Å². The van der Waals surface area contributed by atoms with Crippen LogP contribution in [0.1, 0.15) is 63.1 Å². The van der Waals surface area contributed by atoms with E-state index >= 15 is 0 Å². The number of hydrogen-bond donors (Lipinski definition) is 1. The molecule has 0 bridgehead atoms. The standard InChI is InChI=1S/C19H29NO/c1-13-7-9-16(11-14(13)2)21-17-10-8-15-5-4-6-19(20-3)18(15)12-17/h8,10,12-14,16,19-20H,4-7,9,11H2,1-3H3. The SMILES string of the molecule is CNC1CCCc2ccc(OC3CCC(C)C(C)C3)cc21. The van der Waals surface area contributed by atoms with Crippen LogP contribution in [-0.4, -0.2) is 13.2 Å². The van der Waals surface area contributed by atoms with Crippen molar-refractivity contribution in [3.8, 4) is 5.75 Å². The molecule has 1 saturated carbocycles. The van der Waals surface area contributed by atoms with Gasteiger partial charge in [0, 0.05) is 6.04 Å². The summed E-state index contributed by atoms with van der Waals surface area (Å²) in [6, 6.07) is 7.25. The van der Waals surface area contributed by atoms with Gasteiger partial charge in [-0.05, 0) is 80.7 Å². The predicted octanol–water partition coefficient (Wildman–Crippen LogP) is 4.49. The monoisotopic (exact) mass is 287 g/mol. The molecular formula is C19H29NO. The van der Waals surface area contributed by atoms with Crippen molar-refractivity contribution in [2.75, 3.05) is 7.05 Å². The van der Waals surface area contributed by atoms with Crippen LogP contribution >= 0.6 is 0 Å². The summed E-state index contributed by atoms with van der Waals surface area (Å²) in [5.41, 5.74) is 2.96. The molecule has 0 spiro atoms. The molecule has 2 nitrogen and oxygen atoms in total. The van der Waals surface area contributed by atoms with E-state index in [0.717, 1.165) is 17.6 Å². The minimum atomic E-state index is 0.408. The smallest absolute Gasteiger partial charge is 0.120 e. The van der Waals surface area contributed by atoms with Gasteiger partial charge in [0.1, 0.15) is 5.75 Å². The van der Waals surface area contributed by atoms with Crippen LogP contribution in [0.15, 0.2) is 18.2 Å². The van der Waals surface area contributed by atoms with Gasteiger partial charge in [0.15, 0.2) is 0 Å². The summed E-state index contributed by atoms with van der Waals surface area (Å²) in [4.78, 5) is 0. The minimum Gasteiger partial charge on any atom is -0.490 e. The number of nitrogens with one attached hydrogen (secondary N) is 1. The van der Waals surface area contributed by atoms with E-state index in [1.807, 2.05) is 0 Å². The van der Waals surface area contributed by atoms with Crippen LogP contribution in [0.25, 0.3) is 0 Å². The average Bonchev–Trinajstić information content (AvgIpc) is 2.50. The first-order valence-corrected chi connectivity index (χ1v) is 8.64. The molecule has 2 aliphatic rings. The molecule has 0 aliphatic heterocycles. The van der Waals surface area contributed by atoms with Crippen LogP contribution < -0.4 is 10.1 Å². The summed E-state index contributed by atoms with van der Waals surface area (Å²) >= 11 is 0. The van der Waals surface area contributed by atoms with Gasteiger partial charge in [0.05, 0.1) is 6.10 Å². The largest absolute Gasteiger partial charge is 0.490 e. The Hall–Kier alpha value is -1.02. The first kappa shape index (κ1) is 14.9. The molecule has 1 fully saturated rings. The Morgan fingerprint density at radius 3 is 2.71 bits per heavy atom. The van der Waals surface area contributed by atoms with Gasteiger partial charge in [-0.2, -0.15) is 0 Å². The fourth-order valence-electron chi connectivity index (χ4n) is 3.95. The highest BCUT2D eigenvalue weighted by Crippen LogP contribution is 2.35. The molecule has 1 aromatic carbocycles. The molecule has 0 saturated heterocycles. The summed E-state index contributed by atoms with van der Waals surface area (Å²) in [6.07, 6.45) is 7.86. The van der Waals surface area contributed by atoms with Crippen LogP contribution in [0.5, 0.6) is 5.75 Å². The van der Waals surface area contributed by atoms with Crippen molar-refractivity contribution in [1.29, 1.82) is 0 Å². The first-order chi connectivity index (χ1) is 10.2. The molecule has 116 valence electrons. The molecule has 4 atom stereocenters. The number of ether oxygens (including phenoxy) is 1. The molecule has 2 aliphatic carbocycles. The highest BCUT2D eigenvalue weighted by Gasteiger charge is 2.26. The van der Waals surface area contributed by atoms with E-state index in [9.17, 15) is 0 Å². The topological polar surface area (TPSA) is 21.3 Å². The van der Waals surface area contributed by atoms with Gasteiger partial charge < -0.3 is 10.1 Å². The maximum Gasteiger partial charge on any atom is 0.120 e. The zero-order chi connectivity index (χ0) is 14.8. The Labute approximate surface area is 129 Å². The molecular weight excluding hydrogens is 258 g/mol. The minimum absolute atomic E-state index is 0.408. The first-order valence-electron chi connectivity index (χ1n) is 8.64. The Morgan fingerprint density at radius 1 is 1.10 bits per heavy atom. The maximum atomic E-state index is 6.31. The molecule has 0 heterocycles. The van der Waals surface area contributed by atoms with E-state index in [1.165, 1.54) is 49.7 Å². The molecule has 0 aromatic heterocycles. The van der Waals surface area contributed by atoms with Gasteiger partial charge in [-0.15, -0.1) is 0 Å². The third kappa shape index (κ3) is 3.26. The Bertz CT molecular complexity index is 484. The zero-order valence-corrected chi connectivity index (χ0v) is 13.7. The lowest BCUT2D eigenvalue weighted by atomic mass is 9.80. The summed E-state index contributed by atoms with van der Waals surface area (Å²) in [5, 5.41) is 3.45. The normalized spacial score (nSPS) is 32.5. The van der Waals surface area contributed by atoms with Crippen molar-refractivity contribution in [2.24, 2.45) is 11.8 Å². The second-order valence-electron chi connectivity index (χ2n) is 7.10. The van der Waals surface area contributed by atoms with Crippen molar-refractivity contribution in [1.82, 2.24) is 5.32 Å². The number of rotatable bonds is 3. The maximum absolute atomic E-state index is 6.31. The van der Waals surface area contributed by atoms with Crippen LogP contribution in [0, 0.1) is 11.8 Å². The lowest BCUT2D eigenvalue weighted by Gasteiger charge is -2.33. The van der Waals surface area contributed by atoms with E-state index in [4.69, 9.17) is 4.74 Å². The predicted molar refractivity (Wildman–Crippen MR) is 87.8 cm³/mol. The van der Waals surface area contributed by atoms with E-state index < -0.39 is 0 Å². The second-order valence-corrected chi connectivity index (χ2v) is 7.10. The molecule has 1 aromatic rings. The molecule has 2 heteroatoms. The Balaban J connectivity index is 1.72. The summed E-state index contributed by atoms with van der Waals surface area (Å²) < 4.78 is 6.31. The summed E-state index contributed by atoms with van der Waals surface area (Å²) in [5.74, 6) is 2.70. The van der Waals surface area contributed by atoms with Crippen molar-refractivity contribution >= 4 is 0 Å². The van der Waals surface area contributed by atoms with Gasteiger partial charge >= 0.3 is 0 Å². The fourth-order valence-corrected chi connectivity index (χ4v) is 3.95. The van der Waals surface area contributed by atoms with Crippen molar-refractivity contribution in [3.05, 3.63) is 29.3 Å². The fraction of sp³-hybridized carbons (Fsp3) is 0.684. The van der Waals surface area contributed by atoms with E-state index in [-0.39, 0.29) is 0 Å². The third-order valence-electron chi connectivity index (χ3n) is 5.63. The molecule has 0 radical (unpaired) electrons. The van der Waals surface area contributed by atoms with Crippen LogP contribution in [0.2, 0.25) is 0 Å². The second kappa shape index (κ2) is 6.39. The molecule has 21 heavy (non-hydrogen) atoms. The average molecular weight is 287 g/mol. The van der Waals surface area contributed by atoms with Gasteiger partial charge in [0.25, 0.3) is 0 Å². The Kier molecular flexibility index (Phi) is 4.54. The molecule has 3 rings (SSSR count). The summed E-state index contributed by atoms with van der Waals surface area (Å²) in [6.45, 7) is 4.74. The summed E-state index contributed by atoms with van der Waals surface area (Å²) in [7, 11) is 2.07. The Morgan fingerprint density at radius 2 is 1.95 bits per heavy atom. The van der Waals surface area contributed by atoms with E-state index in [0.29, 0.717) is 12.1 Å². The number of fused-ring (bicyclic) bond motifs is 1. The van der Waals surface area contributed by atoms with E-state index in [2.05, 4.69) is 44.4 Å². The van der Waals surface area contributed by atoms with Crippen molar-refractivity contribution in [2.45, 2.75) is 64.5 Å². The molecule has 0 amide bonds. The van der Waals surface area contributed by atoms with Crippen molar-refractivity contribution in [3.63, 3.8) is 0 Å². The highest BCUT2D eigenvalue weighted by atomic mass is 16.5. The van der Waals surface area contributed by atoms with Gasteiger partial charge in [0.2, 0.25) is 0 Å². The lowest BCUT2D eigenvalue weighted by Crippen LogP contribution is -2.29. The zero-order valence-electron chi connectivity index (χ0n) is 13.7. The lowest BCUT2D eigenvalue weighted by molar-refractivity contribution is 0.100. The van der Waals surface area contributed by atoms with Gasteiger partial charge in [-0.1, -0.05) is 19.9 Å². The third-order valence-corrected chi connectivity index (χ3v) is 5.63. The van der Waals surface area contributed by atoms with Crippen LogP contribution in [0.3, 0.4) is 0 Å². The van der Waals surface area contributed by atoms with Gasteiger partial charge in [-0.3, -0.25) is 0 Å². The molecule has 4 unspecified atom stereocenters. The number of hydrogen-bond acceptors (Lipinski definition) is 2. The highest BCUT2D eigenvalue weighted by molar-refractivity contribution is 5.39. The van der Waals surface area contributed by atoms with Crippen LogP contribution in [0.4, 0.5) is 0 Å². The number of benzene rings is 1. The number of aryl methyl sites for hydroxylation is 1. The quantitative estimate of drug-likeness (QED) is 0.884. The van der Waals surface area contributed by atoms with Gasteiger partial charge in [-0.25, -0.2) is 0 Å². The van der Waals surface area contributed by atoms with Crippen molar-refractivity contribution < 1.29 is 4.74 Å².